The average molecular weight is 739 g/mol. The molecule has 272 valence electrons. The van der Waals surface area contributed by atoms with Crippen LogP contribution in [0, 0.1) is 6.92 Å². The molecule has 0 amide bonds. The molecular weight excluding hydrogens is 697 g/mol. The van der Waals surface area contributed by atoms with Crippen molar-refractivity contribution < 1.29 is 0 Å². The molecule has 8 aromatic rings. The summed E-state index contributed by atoms with van der Waals surface area (Å²) in [6, 6.07) is 52.3. The monoisotopic (exact) mass is 738 g/mol. The van der Waals surface area contributed by atoms with Gasteiger partial charge in [0.15, 0.2) is 5.82 Å². The minimum atomic E-state index is -0.868. The second kappa shape index (κ2) is 16.0. The first kappa shape index (κ1) is 35.8. The molecule has 0 aliphatic rings. The van der Waals surface area contributed by atoms with Crippen molar-refractivity contribution in [3.8, 4) is 22.5 Å². The zero-order valence-corrected chi connectivity index (χ0v) is 31.9. The van der Waals surface area contributed by atoms with Crippen molar-refractivity contribution in [3.05, 3.63) is 212 Å². The molecule has 0 fully saturated rings. The number of tetrazole rings is 1. The van der Waals surface area contributed by atoms with E-state index < -0.39 is 5.54 Å². The van der Waals surface area contributed by atoms with Crippen LogP contribution in [-0.4, -0.2) is 29.8 Å². The molecule has 3 aromatic heterocycles. The Morgan fingerprint density at radius 1 is 0.691 bits per heavy atom. The van der Waals surface area contributed by atoms with Gasteiger partial charge in [0.05, 0.1) is 12.2 Å². The highest BCUT2D eigenvalue weighted by molar-refractivity contribution is 7.09. The van der Waals surface area contributed by atoms with Crippen LogP contribution in [0.25, 0.3) is 22.5 Å². The largest absolute Gasteiger partial charge is 0.291 e. The molecule has 0 N–H and O–H groups in total. The highest BCUT2D eigenvalue weighted by Gasteiger charge is 2.42. The molecule has 0 radical (unpaired) electrons. The van der Waals surface area contributed by atoms with Crippen LogP contribution in [0.1, 0.15) is 64.0 Å². The van der Waals surface area contributed by atoms with E-state index in [4.69, 9.17) is 15.3 Å². The molecule has 0 saturated carbocycles. The molecule has 8 rings (SSSR count). The standard InChI is InChI=1S/C47H42N6OS/c1-3-4-26-44-43(46(54)52(34(2)48-44)33-40-23-16-31-55-40)32-35-27-29-36(30-28-35)41-24-14-15-25-42(41)45-49-50-51-53(45)47(37-17-8-5-9-18-37,38-19-10-6-11-20-38)39-21-12-7-13-22-39/h5-25,27-31H,3-4,26,32-33H2,1-2H3. The first-order chi connectivity index (χ1) is 27.1. The van der Waals surface area contributed by atoms with Crippen LogP contribution in [0.4, 0.5) is 0 Å². The summed E-state index contributed by atoms with van der Waals surface area (Å²) in [6.07, 6.45) is 3.34. The summed E-state index contributed by atoms with van der Waals surface area (Å²) < 4.78 is 3.80. The van der Waals surface area contributed by atoms with Gasteiger partial charge in [-0.25, -0.2) is 9.67 Å². The Balaban J connectivity index is 1.20. The molecule has 0 saturated heterocycles. The summed E-state index contributed by atoms with van der Waals surface area (Å²) in [5, 5.41) is 15.9. The van der Waals surface area contributed by atoms with Crippen LogP contribution in [0.3, 0.4) is 0 Å². The van der Waals surface area contributed by atoms with Crippen LogP contribution < -0.4 is 5.56 Å². The Morgan fingerprint density at radius 2 is 1.29 bits per heavy atom. The fourth-order valence-electron chi connectivity index (χ4n) is 7.65. The van der Waals surface area contributed by atoms with Crippen molar-refractivity contribution in [3.63, 3.8) is 0 Å². The van der Waals surface area contributed by atoms with E-state index in [0.717, 1.165) is 80.2 Å². The third-order valence-corrected chi connectivity index (χ3v) is 11.2. The Hall–Kier alpha value is -6.25. The Bertz CT molecular complexity index is 2450. The topological polar surface area (TPSA) is 78.5 Å². The number of aryl methyl sites for hydroxylation is 2. The predicted molar refractivity (Wildman–Crippen MR) is 221 cm³/mol. The fraction of sp³-hybridized carbons (Fsp3) is 0.170. The summed E-state index contributed by atoms with van der Waals surface area (Å²) in [7, 11) is 0. The molecule has 7 nitrogen and oxygen atoms in total. The van der Waals surface area contributed by atoms with Gasteiger partial charge in [-0.2, -0.15) is 0 Å². The van der Waals surface area contributed by atoms with Gasteiger partial charge in [0, 0.05) is 22.4 Å². The highest BCUT2D eigenvalue weighted by Crippen LogP contribution is 2.43. The highest BCUT2D eigenvalue weighted by atomic mass is 32.1. The second-order valence-electron chi connectivity index (χ2n) is 13.8. The first-order valence-electron chi connectivity index (χ1n) is 18.8. The zero-order chi connectivity index (χ0) is 37.6. The normalized spacial score (nSPS) is 11.5. The molecule has 0 bridgehead atoms. The smallest absolute Gasteiger partial charge is 0.257 e. The van der Waals surface area contributed by atoms with Gasteiger partial charge in [-0.15, -0.1) is 16.4 Å². The van der Waals surface area contributed by atoms with Crippen molar-refractivity contribution in [2.24, 2.45) is 0 Å². The third-order valence-electron chi connectivity index (χ3n) is 10.4. The minimum Gasteiger partial charge on any atom is -0.291 e. The predicted octanol–water partition coefficient (Wildman–Crippen LogP) is 9.76. The number of thiophene rings is 1. The van der Waals surface area contributed by atoms with Gasteiger partial charge in [0.1, 0.15) is 11.4 Å². The van der Waals surface area contributed by atoms with E-state index in [9.17, 15) is 4.79 Å². The van der Waals surface area contributed by atoms with Gasteiger partial charge in [-0.3, -0.25) is 9.36 Å². The van der Waals surface area contributed by atoms with Crippen molar-refractivity contribution in [1.82, 2.24) is 29.8 Å². The molecule has 55 heavy (non-hydrogen) atoms. The molecule has 0 unspecified atom stereocenters. The lowest BCUT2D eigenvalue weighted by molar-refractivity contribution is 0.451. The number of nitrogens with zero attached hydrogens (tertiary/aromatic N) is 6. The maximum absolute atomic E-state index is 14.1. The molecule has 0 atom stereocenters. The van der Waals surface area contributed by atoms with Gasteiger partial charge in [-0.1, -0.05) is 159 Å². The van der Waals surface area contributed by atoms with Gasteiger partial charge in [0.2, 0.25) is 0 Å². The Labute approximate surface area is 325 Å². The van der Waals surface area contributed by atoms with E-state index >= 15 is 0 Å². The van der Waals surface area contributed by atoms with Crippen molar-refractivity contribution in [1.29, 1.82) is 0 Å². The van der Waals surface area contributed by atoms with Crippen LogP contribution >= 0.6 is 11.3 Å². The number of rotatable bonds is 13. The number of hydrogen-bond acceptors (Lipinski definition) is 6. The maximum atomic E-state index is 14.1. The number of benzene rings is 5. The van der Waals surface area contributed by atoms with Crippen molar-refractivity contribution in [2.75, 3.05) is 0 Å². The molecule has 5 aromatic carbocycles. The van der Waals surface area contributed by atoms with E-state index in [0.29, 0.717) is 18.8 Å². The van der Waals surface area contributed by atoms with E-state index in [1.165, 1.54) is 0 Å². The van der Waals surface area contributed by atoms with Gasteiger partial charge in [0.25, 0.3) is 5.56 Å². The van der Waals surface area contributed by atoms with E-state index in [2.05, 4.69) is 127 Å². The van der Waals surface area contributed by atoms with Crippen LogP contribution in [0.2, 0.25) is 0 Å². The minimum absolute atomic E-state index is 0.0481. The SMILES string of the molecule is CCCCc1nc(C)n(Cc2cccs2)c(=O)c1Cc1ccc(-c2ccccc2-c2nnnn2C(c2ccccc2)(c2ccccc2)c2ccccc2)cc1. The lowest BCUT2D eigenvalue weighted by Gasteiger charge is -2.36. The van der Waals surface area contributed by atoms with Crippen LogP contribution in [-0.2, 0) is 24.9 Å². The maximum Gasteiger partial charge on any atom is 0.257 e. The Morgan fingerprint density at radius 3 is 1.87 bits per heavy atom. The van der Waals surface area contributed by atoms with Crippen LogP contribution in [0.5, 0.6) is 0 Å². The Kier molecular flexibility index (Phi) is 10.4. The van der Waals surface area contributed by atoms with E-state index in [-0.39, 0.29) is 5.56 Å². The van der Waals surface area contributed by atoms with Crippen molar-refractivity contribution in [2.45, 2.75) is 51.6 Å². The quantitative estimate of drug-likeness (QED) is 0.110. The second-order valence-corrected chi connectivity index (χ2v) is 14.8. The summed E-state index contributed by atoms with van der Waals surface area (Å²) in [4.78, 5) is 20.2. The zero-order valence-electron chi connectivity index (χ0n) is 31.0. The number of unbranched alkanes of at least 4 members (excludes halogenated alkanes) is 1. The molecule has 0 spiro atoms. The van der Waals surface area contributed by atoms with Crippen molar-refractivity contribution >= 4 is 11.3 Å². The number of hydrogen-bond donors (Lipinski definition) is 0. The molecule has 8 heteroatoms. The summed E-state index contributed by atoms with van der Waals surface area (Å²) in [6.45, 7) is 4.65. The third kappa shape index (κ3) is 6.97. The summed E-state index contributed by atoms with van der Waals surface area (Å²) in [5.41, 5.74) is 8.00. The van der Waals surface area contributed by atoms with E-state index in [1.807, 2.05) is 58.0 Å². The first-order valence-corrected chi connectivity index (χ1v) is 19.7. The van der Waals surface area contributed by atoms with Gasteiger partial charge < -0.3 is 0 Å². The van der Waals surface area contributed by atoms with Gasteiger partial charge in [-0.05, 0) is 75.0 Å². The summed E-state index contributed by atoms with van der Waals surface area (Å²) >= 11 is 1.66. The number of aromatic nitrogens is 6. The molecule has 0 aliphatic heterocycles. The van der Waals surface area contributed by atoms with Gasteiger partial charge >= 0.3 is 0 Å². The van der Waals surface area contributed by atoms with E-state index in [1.54, 1.807) is 11.3 Å². The van der Waals surface area contributed by atoms with Crippen LogP contribution in [0.15, 0.2) is 162 Å². The summed E-state index contributed by atoms with van der Waals surface area (Å²) in [5.74, 6) is 1.41. The lowest BCUT2D eigenvalue weighted by atomic mass is 9.77. The molecule has 3 heterocycles. The average Bonchev–Trinajstić information content (AvgIpc) is 3.95. The fourth-order valence-corrected chi connectivity index (χ4v) is 8.34. The molecule has 0 aliphatic carbocycles. The lowest BCUT2D eigenvalue weighted by Crippen LogP contribution is -2.39. The molecular formula is C47H42N6OS.